The van der Waals surface area contributed by atoms with Crippen LogP contribution in [0.2, 0.25) is 0 Å². The third-order valence-corrected chi connectivity index (χ3v) is 6.65. The van der Waals surface area contributed by atoms with E-state index in [4.69, 9.17) is 14.7 Å². The van der Waals surface area contributed by atoms with Crippen LogP contribution in [0, 0.1) is 23.2 Å². The van der Waals surface area contributed by atoms with E-state index in [-0.39, 0.29) is 12.1 Å². The van der Waals surface area contributed by atoms with Gasteiger partial charge in [0, 0.05) is 13.0 Å². The summed E-state index contributed by atoms with van der Waals surface area (Å²) in [6, 6.07) is 4.06. The van der Waals surface area contributed by atoms with Crippen LogP contribution in [0.25, 0.3) is 0 Å². The summed E-state index contributed by atoms with van der Waals surface area (Å²) in [6.45, 7) is 7.15. The minimum Gasteiger partial charge on any atom is -0.443 e. The van der Waals surface area contributed by atoms with Crippen molar-refractivity contribution in [1.29, 1.82) is 5.26 Å². The number of carbonyl (C=O) groups is 3. The van der Waals surface area contributed by atoms with Crippen LogP contribution in [0.4, 0.5) is 23.7 Å². The molecule has 33 heavy (non-hydrogen) atoms. The van der Waals surface area contributed by atoms with Gasteiger partial charge in [-0.1, -0.05) is 6.92 Å². The number of alkyl carbamates (subject to hydrolysis) is 1. The molecule has 2 saturated heterocycles. The van der Waals surface area contributed by atoms with Crippen LogP contribution < -0.4 is 10.2 Å². The highest BCUT2D eigenvalue weighted by atomic mass is 19.4. The second-order valence-electron chi connectivity index (χ2n) is 8.65. The number of benzene rings is 1. The standard InChI is InChI=1S/C22H24F3N3O5/c1-5-27-19(31)32-16-9-20(3)12(2)17(21(16,4)33-20)18(30)28(11-29)14-7-6-13(10-26)15(8-14)22(23,24)25/h6-8,11-12,16-17H,5,9H2,1-4H3,(H,27,31)/t12-,16-,17-,20?,21?/m0/s1. The van der Waals surface area contributed by atoms with Crippen molar-refractivity contribution in [1.82, 2.24) is 5.32 Å². The summed E-state index contributed by atoms with van der Waals surface area (Å²) in [5.41, 5.74) is -4.35. The zero-order chi connectivity index (χ0) is 24.8. The summed E-state index contributed by atoms with van der Waals surface area (Å²) in [6.07, 6.45) is -5.89. The van der Waals surface area contributed by atoms with Crippen LogP contribution in [-0.4, -0.2) is 42.3 Å². The number of amides is 3. The number of anilines is 1. The van der Waals surface area contributed by atoms with Crippen LogP contribution in [0.15, 0.2) is 18.2 Å². The number of hydrogen-bond acceptors (Lipinski definition) is 6. The number of nitrogens with zero attached hydrogens (tertiary/aromatic N) is 2. The molecule has 2 bridgehead atoms. The van der Waals surface area contributed by atoms with E-state index in [1.54, 1.807) is 27.7 Å². The smallest absolute Gasteiger partial charge is 0.417 e. The van der Waals surface area contributed by atoms with Gasteiger partial charge in [-0.3, -0.25) is 14.5 Å². The number of alkyl halides is 3. The van der Waals surface area contributed by atoms with Gasteiger partial charge in [0.1, 0.15) is 11.7 Å². The molecule has 1 N–H and O–H groups in total. The first kappa shape index (κ1) is 24.5. The highest BCUT2D eigenvalue weighted by Crippen LogP contribution is 2.58. The second-order valence-corrected chi connectivity index (χ2v) is 8.65. The van der Waals surface area contributed by atoms with Crippen LogP contribution in [0.3, 0.4) is 0 Å². The summed E-state index contributed by atoms with van der Waals surface area (Å²) in [5.74, 6) is -2.19. The largest absolute Gasteiger partial charge is 0.443 e. The van der Waals surface area contributed by atoms with Gasteiger partial charge < -0.3 is 14.8 Å². The van der Waals surface area contributed by atoms with Crippen molar-refractivity contribution in [2.45, 2.75) is 57.6 Å². The molecule has 2 heterocycles. The molecule has 3 amide bonds. The zero-order valence-corrected chi connectivity index (χ0v) is 18.5. The van der Waals surface area contributed by atoms with Crippen molar-refractivity contribution in [3.05, 3.63) is 29.3 Å². The first-order chi connectivity index (χ1) is 15.3. The Morgan fingerprint density at radius 2 is 2.06 bits per heavy atom. The van der Waals surface area contributed by atoms with Gasteiger partial charge in [-0.25, -0.2) is 4.79 Å². The first-order valence-corrected chi connectivity index (χ1v) is 10.4. The van der Waals surface area contributed by atoms with Gasteiger partial charge in [-0.05, 0) is 44.9 Å². The predicted octanol–water partition coefficient (Wildman–Crippen LogP) is 3.38. The molecule has 5 atom stereocenters. The molecule has 1 aromatic carbocycles. The molecule has 2 aliphatic rings. The Balaban J connectivity index is 1.98. The maximum absolute atomic E-state index is 13.5. The third kappa shape index (κ3) is 4.04. The Kier molecular flexibility index (Phi) is 6.19. The summed E-state index contributed by atoms with van der Waals surface area (Å²) < 4.78 is 51.8. The van der Waals surface area contributed by atoms with Crippen molar-refractivity contribution >= 4 is 24.1 Å². The molecule has 0 radical (unpaired) electrons. The van der Waals surface area contributed by atoms with Crippen LogP contribution in [0.5, 0.6) is 0 Å². The summed E-state index contributed by atoms with van der Waals surface area (Å²) in [4.78, 5) is 38.0. The molecule has 11 heteroatoms. The Labute approximate surface area is 188 Å². The Hall–Kier alpha value is -3.13. The van der Waals surface area contributed by atoms with Crippen LogP contribution >= 0.6 is 0 Å². The maximum Gasteiger partial charge on any atom is 0.417 e. The number of carbonyl (C=O) groups excluding carboxylic acids is 3. The number of ether oxygens (including phenoxy) is 2. The Morgan fingerprint density at radius 1 is 1.39 bits per heavy atom. The molecule has 2 unspecified atom stereocenters. The topological polar surface area (TPSA) is 109 Å². The summed E-state index contributed by atoms with van der Waals surface area (Å²) >= 11 is 0. The SMILES string of the molecule is CCNC(=O)O[C@H]1CC2(C)OC1(C)[C@H](C(=O)N(C=O)c1ccc(C#N)c(C(F)(F)F)c1)[C@@H]2C. The van der Waals surface area contributed by atoms with Crippen molar-refractivity contribution in [2.24, 2.45) is 11.8 Å². The van der Waals surface area contributed by atoms with Gasteiger partial charge in [0.15, 0.2) is 0 Å². The van der Waals surface area contributed by atoms with Gasteiger partial charge in [-0.15, -0.1) is 0 Å². The summed E-state index contributed by atoms with van der Waals surface area (Å²) in [5, 5.41) is 11.5. The number of nitriles is 1. The minimum absolute atomic E-state index is 0.133. The maximum atomic E-state index is 13.5. The quantitative estimate of drug-likeness (QED) is 0.665. The molecule has 178 valence electrons. The third-order valence-electron chi connectivity index (χ3n) is 6.65. The van der Waals surface area contributed by atoms with Crippen molar-refractivity contribution in [3.63, 3.8) is 0 Å². The van der Waals surface area contributed by atoms with Crippen LogP contribution in [-0.2, 0) is 25.2 Å². The fourth-order valence-electron chi connectivity index (χ4n) is 4.91. The van der Waals surface area contributed by atoms with E-state index in [0.29, 0.717) is 23.9 Å². The van der Waals surface area contributed by atoms with E-state index < -0.39 is 58.4 Å². The first-order valence-electron chi connectivity index (χ1n) is 10.4. The Morgan fingerprint density at radius 3 is 2.58 bits per heavy atom. The van der Waals surface area contributed by atoms with Gasteiger partial charge in [-0.2, -0.15) is 18.4 Å². The molecule has 0 aromatic heterocycles. The monoisotopic (exact) mass is 467 g/mol. The fraction of sp³-hybridized carbons (Fsp3) is 0.545. The molecule has 3 rings (SSSR count). The van der Waals surface area contributed by atoms with Gasteiger partial charge >= 0.3 is 12.3 Å². The molecule has 0 saturated carbocycles. The number of fused-ring (bicyclic) bond motifs is 2. The minimum atomic E-state index is -4.85. The van der Waals surface area contributed by atoms with E-state index in [2.05, 4.69) is 5.32 Å². The van der Waals surface area contributed by atoms with E-state index in [1.165, 1.54) is 6.07 Å². The number of nitrogens with one attached hydrogen (secondary N) is 1. The lowest BCUT2D eigenvalue weighted by atomic mass is 9.66. The normalized spacial score (nSPS) is 30.4. The van der Waals surface area contributed by atoms with E-state index >= 15 is 0 Å². The zero-order valence-electron chi connectivity index (χ0n) is 18.5. The highest BCUT2D eigenvalue weighted by molar-refractivity contribution is 6.09. The average molecular weight is 467 g/mol. The van der Waals surface area contributed by atoms with Crippen molar-refractivity contribution in [2.75, 3.05) is 11.4 Å². The number of hydrogen-bond donors (Lipinski definition) is 1. The molecule has 2 aliphatic heterocycles. The van der Waals surface area contributed by atoms with Crippen molar-refractivity contribution in [3.8, 4) is 6.07 Å². The number of halogens is 3. The molecule has 8 nitrogen and oxygen atoms in total. The summed E-state index contributed by atoms with van der Waals surface area (Å²) in [7, 11) is 0. The molecular weight excluding hydrogens is 443 g/mol. The number of rotatable bonds is 5. The van der Waals surface area contributed by atoms with Crippen molar-refractivity contribution < 1.29 is 37.0 Å². The molecular formula is C22H24F3N3O5. The van der Waals surface area contributed by atoms with Gasteiger partial charge in [0.2, 0.25) is 12.3 Å². The second kappa shape index (κ2) is 8.33. The predicted molar refractivity (Wildman–Crippen MR) is 109 cm³/mol. The van der Waals surface area contributed by atoms with Gasteiger partial charge in [0.25, 0.3) is 0 Å². The average Bonchev–Trinajstić information content (AvgIpc) is 3.10. The van der Waals surface area contributed by atoms with Crippen LogP contribution in [0.1, 0.15) is 45.2 Å². The molecule has 2 fully saturated rings. The fourth-order valence-corrected chi connectivity index (χ4v) is 4.91. The van der Waals surface area contributed by atoms with Gasteiger partial charge in [0.05, 0.1) is 34.4 Å². The molecule has 0 aliphatic carbocycles. The highest BCUT2D eigenvalue weighted by Gasteiger charge is 2.70. The lowest BCUT2D eigenvalue weighted by Gasteiger charge is -2.39. The Bertz CT molecular complexity index is 1020. The molecule has 0 spiro atoms. The molecule has 1 aromatic rings. The lowest BCUT2D eigenvalue weighted by Crippen LogP contribution is -2.55. The van der Waals surface area contributed by atoms with E-state index in [0.717, 1.165) is 12.1 Å². The number of imide groups is 1. The van der Waals surface area contributed by atoms with E-state index in [9.17, 15) is 27.6 Å². The van der Waals surface area contributed by atoms with E-state index in [1.807, 2.05) is 0 Å². The lowest BCUT2D eigenvalue weighted by molar-refractivity contribution is -0.138.